The summed E-state index contributed by atoms with van der Waals surface area (Å²) in [7, 11) is 0. The quantitative estimate of drug-likeness (QED) is 0.857. The van der Waals surface area contributed by atoms with Crippen molar-refractivity contribution in [3.63, 3.8) is 0 Å². The summed E-state index contributed by atoms with van der Waals surface area (Å²) in [5.41, 5.74) is -0.264. The van der Waals surface area contributed by atoms with Crippen LogP contribution in [0.25, 0.3) is 0 Å². The number of carbonyl (C=O) groups is 1. The molecule has 0 saturated heterocycles. The molecule has 0 aliphatic heterocycles. The standard InChI is InChI=1S/C15H20FNO2/c1-2-11(10-18)17-14(19)15(8-5-9-15)12-6-3-4-7-13(12)16/h3-4,6-7,11,18H,2,5,8-10H2,1H3,(H,17,19). The van der Waals surface area contributed by atoms with Gasteiger partial charge in [0.2, 0.25) is 5.91 Å². The lowest BCUT2D eigenvalue weighted by Crippen LogP contribution is -2.53. The number of hydrogen-bond donors (Lipinski definition) is 2. The van der Waals surface area contributed by atoms with Crippen LogP contribution < -0.4 is 5.32 Å². The van der Waals surface area contributed by atoms with Gasteiger partial charge >= 0.3 is 0 Å². The van der Waals surface area contributed by atoms with Crippen molar-refractivity contribution < 1.29 is 14.3 Å². The van der Waals surface area contributed by atoms with Gasteiger partial charge < -0.3 is 10.4 Å². The summed E-state index contributed by atoms with van der Waals surface area (Å²) in [6.07, 6.45) is 2.93. The minimum absolute atomic E-state index is 0.0877. The Labute approximate surface area is 112 Å². The van der Waals surface area contributed by atoms with E-state index < -0.39 is 5.41 Å². The molecule has 1 aliphatic rings. The first-order chi connectivity index (χ1) is 9.14. The average Bonchev–Trinajstić information content (AvgIpc) is 2.37. The Morgan fingerprint density at radius 3 is 2.63 bits per heavy atom. The van der Waals surface area contributed by atoms with Crippen molar-refractivity contribution in [1.82, 2.24) is 5.32 Å². The largest absolute Gasteiger partial charge is 0.394 e. The lowest BCUT2D eigenvalue weighted by atomic mass is 9.63. The maximum absolute atomic E-state index is 13.9. The van der Waals surface area contributed by atoms with E-state index in [2.05, 4.69) is 5.32 Å². The topological polar surface area (TPSA) is 49.3 Å². The maximum Gasteiger partial charge on any atom is 0.231 e. The third-order valence-electron chi connectivity index (χ3n) is 4.08. The van der Waals surface area contributed by atoms with Crippen molar-refractivity contribution in [2.75, 3.05) is 6.61 Å². The van der Waals surface area contributed by atoms with Gasteiger partial charge in [-0.25, -0.2) is 4.39 Å². The molecule has 1 atom stereocenters. The molecule has 0 bridgehead atoms. The summed E-state index contributed by atoms with van der Waals surface area (Å²) in [6, 6.07) is 6.22. The van der Waals surface area contributed by atoms with Crippen molar-refractivity contribution in [1.29, 1.82) is 0 Å². The van der Waals surface area contributed by atoms with Crippen LogP contribution >= 0.6 is 0 Å². The van der Waals surface area contributed by atoms with Crippen LogP contribution in [0.3, 0.4) is 0 Å². The highest BCUT2D eigenvalue weighted by Gasteiger charge is 2.47. The molecular formula is C15H20FNO2. The highest BCUT2D eigenvalue weighted by molar-refractivity contribution is 5.89. The fourth-order valence-electron chi connectivity index (χ4n) is 2.60. The van der Waals surface area contributed by atoms with Crippen LogP contribution in [0, 0.1) is 5.82 Å². The number of hydrogen-bond acceptors (Lipinski definition) is 2. The van der Waals surface area contributed by atoms with E-state index >= 15 is 0 Å². The third kappa shape index (κ3) is 2.50. The molecule has 104 valence electrons. The van der Waals surface area contributed by atoms with E-state index in [-0.39, 0.29) is 24.4 Å². The van der Waals surface area contributed by atoms with Crippen molar-refractivity contribution in [3.05, 3.63) is 35.6 Å². The Balaban J connectivity index is 2.24. The number of halogens is 1. The van der Waals surface area contributed by atoms with Crippen LogP contribution in [0.1, 0.15) is 38.2 Å². The van der Waals surface area contributed by atoms with Gasteiger partial charge in [-0.1, -0.05) is 31.5 Å². The Hall–Kier alpha value is -1.42. The second-order valence-electron chi connectivity index (χ2n) is 5.18. The smallest absolute Gasteiger partial charge is 0.231 e. The van der Waals surface area contributed by atoms with Crippen molar-refractivity contribution in [2.45, 2.75) is 44.1 Å². The molecule has 4 heteroatoms. The van der Waals surface area contributed by atoms with Crippen molar-refractivity contribution in [3.8, 4) is 0 Å². The SMILES string of the molecule is CCC(CO)NC(=O)C1(c2ccccc2F)CCC1. The molecule has 2 N–H and O–H groups in total. The fourth-order valence-corrected chi connectivity index (χ4v) is 2.60. The first-order valence-corrected chi connectivity index (χ1v) is 6.81. The molecule has 0 spiro atoms. The highest BCUT2D eigenvalue weighted by atomic mass is 19.1. The van der Waals surface area contributed by atoms with Crippen molar-refractivity contribution >= 4 is 5.91 Å². The molecular weight excluding hydrogens is 245 g/mol. The molecule has 3 nitrogen and oxygen atoms in total. The molecule has 0 heterocycles. The number of amides is 1. The van der Waals surface area contributed by atoms with Gasteiger partial charge in [0.15, 0.2) is 0 Å². The molecule has 1 unspecified atom stereocenters. The summed E-state index contributed by atoms with van der Waals surface area (Å²) in [5, 5.41) is 12.0. The summed E-state index contributed by atoms with van der Waals surface area (Å²) in [4.78, 5) is 12.4. The molecule has 0 radical (unpaired) electrons. The summed E-state index contributed by atoms with van der Waals surface area (Å²) in [5.74, 6) is -0.487. The molecule has 1 saturated carbocycles. The van der Waals surface area contributed by atoms with E-state index in [1.54, 1.807) is 18.2 Å². The summed E-state index contributed by atoms with van der Waals surface area (Å²) in [6.45, 7) is 1.81. The first kappa shape index (κ1) is 14.0. The molecule has 0 aromatic heterocycles. The lowest BCUT2D eigenvalue weighted by Gasteiger charge is -2.41. The van der Waals surface area contributed by atoms with Gasteiger partial charge in [0, 0.05) is 5.56 Å². The number of aliphatic hydroxyl groups is 1. The van der Waals surface area contributed by atoms with Gasteiger partial charge in [0.1, 0.15) is 5.82 Å². The van der Waals surface area contributed by atoms with Gasteiger partial charge in [-0.2, -0.15) is 0 Å². The fraction of sp³-hybridized carbons (Fsp3) is 0.533. The number of rotatable bonds is 5. The maximum atomic E-state index is 13.9. The minimum Gasteiger partial charge on any atom is -0.394 e. The molecule has 1 aromatic rings. The molecule has 1 aliphatic carbocycles. The van der Waals surface area contributed by atoms with E-state index in [4.69, 9.17) is 5.11 Å². The van der Waals surface area contributed by atoms with Gasteiger partial charge in [0.05, 0.1) is 18.1 Å². The van der Waals surface area contributed by atoms with Gasteiger partial charge in [-0.3, -0.25) is 4.79 Å². The third-order valence-corrected chi connectivity index (χ3v) is 4.08. The lowest BCUT2D eigenvalue weighted by molar-refractivity contribution is -0.131. The number of carbonyl (C=O) groups excluding carboxylic acids is 1. The van der Waals surface area contributed by atoms with E-state index in [0.717, 1.165) is 6.42 Å². The average molecular weight is 265 g/mol. The first-order valence-electron chi connectivity index (χ1n) is 6.81. The highest BCUT2D eigenvalue weighted by Crippen LogP contribution is 2.44. The molecule has 19 heavy (non-hydrogen) atoms. The van der Waals surface area contributed by atoms with Crippen LogP contribution in [0.2, 0.25) is 0 Å². The zero-order valence-corrected chi connectivity index (χ0v) is 11.2. The van der Waals surface area contributed by atoms with Gasteiger partial charge in [0.25, 0.3) is 0 Å². The van der Waals surface area contributed by atoms with Crippen LogP contribution in [0.5, 0.6) is 0 Å². The summed E-state index contributed by atoms with van der Waals surface area (Å²) < 4.78 is 13.9. The predicted molar refractivity (Wildman–Crippen MR) is 71.2 cm³/mol. The number of nitrogens with one attached hydrogen (secondary N) is 1. The molecule has 1 amide bonds. The second kappa shape index (κ2) is 5.70. The Morgan fingerprint density at radius 2 is 2.16 bits per heavy atom. The van der Waals surface area contributed by atoms with E-state index in [9.17, 15) is 9.18 Å². The normalized spacial score (nSPS) is 18.5. The van der Waals surface area contributed by atoms with Gasteiger partial charge in [-0.15, -0.1) is 0 Å². The number of benzene rings is 1. The Morgan fingerprint density at radius 1 is 1.47 bits per heavy atom. The summed E-state index contributed by atoms with van der Waals surface area (Å²) >= 11 is 0. The van der Waals surface area contributed by atoms with E-state index in [1.165, 1.54) is 6.07 Å². The zero-order valence-electron chi connectivity index (χ0n) is 11.2. The monoisotopic (exact) mass is 265 g/mol. The molecule has 1 aromatic carbocycles. The Kier molecular flexibility index (Phi) is 4.20. The predicted octanol–water partition coefficient (Wildman–Crippen LogP) is 2.13. The Bertz CT molecular complexity index is 453. The van der Waals surface area contributed by atoms with Crippen molar-refractivity contribution in [2.24, 2.45) is 0 Å². The molecule has 1 fully saturated rings. The minimum atomic E-state index is -0.742. The van der Waals surface area contributed by atoms with Crippen LogP contribution in [-0.4, -0.2) is 23.7 Å². The van der Waals surface area contributed by atoms with Gasteiger partial charge in [-0.05, 0) is 25.3 Å². The zero-order chi connectivity index (χ0) is 13.9. The van der Waals surface area contributed by atoms with Crippen LogP contribution in [-0.2, 0) is 10.2 Å². The number of aliphatic hydroxyl groups excluding tert-OH is 1. The van der Waals surface area contributed by atoms with E-state index in [1.807, 2.05) is 6.92 Å². The van der Waals surface area contributed by atoms with Crippen LogP contribution in [0.15, 0.2) is 24.3 Å². The van der Waals surface area contributed by atoms with E-state index in [0.29, 0.717) is 24.8 Å². The molecule has 2 rings (SSSR count). The second-order valence-corrected chi connectivity index (χ2v) is 5.18. The van der Waals surface area contributed by atoms with Crippen LogP contribution in [0.4, 0.5) is 4.39 Å².